The Morgan fingerprint density at radius 2 is 2.15 bits per heavy atom. The highest BCUT2D eigenvalue weighted by atomic mass is 79.9. The molecule has 1 N–H and O–H groups in total. The molecule has 0 aromatic heterocycles. The van der Waals surface area contributed by atoms with Crippen molar-refractivity contribution in [1.82, 2.24) is 10.2 Å². The second-order valence-corrected chi connectivity index (χ2v) is 6.62. The van der Waals surface area contributed by atoms with Crippen molar-refractivity contribution in [2.75, 3.05) is 26.7 Å². The summed E-state index contributed by atoms with van der Waals surface area (Å²) in [6, 6.07) is 8.26. The third-order valence-electron chi connectivity index (χ3n) is 4.05. The molecule has 20 heavy (non-hydrogen) atoms. The molecule has 0 bridgehead atoms. The molecule has 0 saturated carbocycles. The minimum absolute atomic E-state index is 0.277. The van der Waals surface area contributed by atoms with E-state index in [1.54, 1.807) is 0 Å². The van der Waals surface area contributed by atoms with Crippen LogP contribution in [-0.4, -0.2) is 37.5 Å². The lowest BCUT2D eigenvalue weighted by Crippen LogP contribution is -2.31. The van der Waals surface area contributed by atoms with Gasteiger partial charge >= 0.3 is 0 Å². The summed E-state index contributed by atoms with van der Waals surface area (Å²) in [4.78, 5) is 14.4. The summed E-state index contributed by atoms with van der Waals surface area (Å²) in [6.45, 7) is 4.96. The molecule has 1 heterocycles. The fraction of sp³-hybridized carbons (Fsp3) is 0.562. The Bertz CT molecular complexity index is 446. The maximum atomic E-state index is 12.3. The number of carbonyl (C=O) groups is 1. The Balaban J connectivity index is 1.86. The fourth-order valence-corrected chi connectivity index (χ4v) is 3.08. The topological polar surface area (TPSA) is 32.3 Å². The zero-order valence-electron chi connectivity index (χ0n) is 12.2. The predicted molar refractivity (Wildman–Crippen MR) is 85.8 cm³/mol. The van der Waals surface area contributed by atoms with E-state index in [0.717, 1.165) is 30.5 Å². The van der Waals surface area contributed by atoms with Crippen LogP contribution in [0.4, 0.5) is 0 Å². The van der Waals surface area contributed by atoms with Crippen molar-refractivity contribution in [2.45, 2.75) is 25.7 Å². The van der Waals surface area contributed by atoms with Gasteiger partial charge in [0.15, 0.2) is 0 Å². The van der Waals surface area contributed by atoms with Crippen LogP contribution in [0.25, 0.3) is 0 Å². The number of nitrogens with zero attached hydrogens (tertiary/aromatic N) is 1. The lowest BCUT2D eigenvalue weighted by Gasteiger charge is -2.19. The van der Waals surface area contributed by atoms with Crippen LogP contribution in [0.2, 0.25) is 0 Å². The molecule has 0 aliphatic carbocycles. The number of carbonyl (C=O) groups excluding carboxylic acids is 1. The summed E-state index contributed by atoms with van der Waals surface area (Å²) >= 11 is 3.44. The number of likely N-dealkylation sites (tertiary alicyclic amines) is 1. The normalized spacial score (nSPS) is 20.1. The molecular formula is C16H23BrN2O. The molecule has 1 saturated heterocycles. The van der Waals surface area contributed by atoms with Crippen molar-refractivity contribution in [3.63, 3.8) is 0 Å². The highest BCUT2D eigenvalue weighted by Crippen LogP contribution is 2.24. The van der Waals surface area contributed by atoms with Gasteiger partial charge in [-0.15, -0.1) is 0 Å². The monoisotopic (exact) mass is 338 g/mol. The summed E-state index contributed by atoms with van der Waals surface area (Å²) in [5.41, 5.74) is 1.23. The largest absolute Gasteiger partial charge is 0.342 e. The molecule has 1 fully saturated rings. The van der Waals surface area contributed by atoms with Crippen molar-refractivity contribution in [1.29, 1.82) is 0 Å². The van der Waals surface area contributed by atoms with E-state index < -0.39 is 0 Å². The van der Waals surface area contributed by atoms with Crippen LogP contribution < -0.4 is 5.32 Å². The number of benzene rings is 1. The number of hydrogen-bond acceptors (Lipinski definition) is 2. The minimum atomic E-state index is 0.277. The van der Waals surface area contributed by atoms with Gasteiger partial charge in [-0.1, -0.05) is 35.0 Å². The molecule has 0 spiro atoms. The Morgan fingerprint density at radius 3 is 2.80 bits per heavy atom. The molecule has 0 radical (unpaired) electrons. The number of halogens is 1. The first kappa shape index (κ1) is 15.5. The molecule has 3 nitrogen and oxygen atoms in total. The highest BCUT2D eigenvalue weighted by molar-refractivity contribution is 9.10. The van der Waals surface area contributed by atoms with Crippen LogP contribution in [0.1, 0.15) is 31.2 Å². The minimum Gasteiger partial charge on any atom is -0.342 e. The Kier molecular flexibility index (Phi) is 5.61. The second kappa shape index (κ2) is 7.23. The molecule has 1 aliphatic rings. The van der Waals surface area contributed by atoms with Crippen molar-refractivity contribution in [3.8, 4) is 0 Å². The first-order chi connectivity index (χ1) is 9.60. The van der Waals surface area contributed by atoms with Crippen LogP contribution in [0.15, 0.2) is 28.7 Å². The van der Waals surface area contributed by atoms with Crippen molar-refractivity contribution >= 4 is 21.8 Å². The van der Waals surface area contributed by atoms with E-state index in [0.29, 0.717) is 18.2 Å². The van der Waals surface area contributed by atoms with Gasteiger partial charge in [0.05, 0.1) is 0 Å². The standard InChI is InChI=1S/C16H23BrN2O/c1-12(14-3-5-15(17)6-4-14)9-16(20)19-8-7-13(11-19)10-18-2/h3-6,12-13,18H,7-11H2,1-2H3. The van der Waals surface area contributed by atoms with E-state index in [4.69, 9.17) is 0 Å². The predicted octanol–water partition coefficient (Wildman–Crippen LogP) is 3.01. The molecule has 110 valence electrons. The van der Waals surface area contributed by atoms with E-state index in [1.807, 2.05) is 24.1 Å². The average Bonchev–Trinajstić information content (AvgIpc) is 2.88. The second-order valence-electron chi connectivity index (χ2n) is 5.71. The van der Waals surface area contributed by atoms with Crippen LogP contribution in [0.3, 0.4) is 0 Å². The highest BCUT2D eigenvalue weighted by Gasteiger charge is 2.26. The van der Waals surface area contributed by atoms with Gasteiger partial charge in [0, 0.05) is 24.0 Å². The lowest BCUT2D eigenvalue weighted by atomic mass is 9.97. The van der Waals surface area contributed by atoms with Crippen LogP contribution in [0, 0.1) is 5.92 Å². The fourth-order valence-electron chi connectivity index (χ4n) is 2.81. The van der Waals surface area contributed by atoms with Gasteiger partial charge in [-0.2, -0.15) is 0 Å². The summed E-state index contributed by atoms with van der Waals surface area (Å²) < 4.78 is 1.08. The molecule has 1 amide bonds. The van der Waals surface area contributed by atoms with Crippen LogP contribution in [-0.2, 0) is 4.79 Å². The van der Waals surface area contributed by atoms with Gasteiger partial charge in [0.25, 0.3) is 0 Å². The molecule has 1 aliphatic heterocycles. The first-order valence-electron chi connectivity index (χ1n) is 7.28. The zero-order valence-corrected chi connectivity index (χ0v) is 13.8. The van der Waals surface area contributed by atoms with Gasteiger partial charge in [0.1, 0.15) is 0 Å². The van der Waals surface area contributed by atoms with Gasteiger partial charge < -0.3 is 10.2 Å². The average molecular weight is 339 g/mol. The number of amides is 1. The van der Waals surface area contributed by atoms with Gasteiger partial charge in [-0.05, 0) is 49.5 Å². The third kappa shape index (κ3) is 4.06. The molecule has 4 heteroatoms. The van der Waals surface area contributed by atoms with Gasteiger partial charge in [-0.3, -0.25) is 4.79 Å². The van der Waals surface area contributed by atoms with Crippen LogP contribution in [0.5, 0.6) is 0 Å². The zero-order chi connectivity index (χ0) is 14.5. The third-order valence-corrected chi connectivity index (χ3v) is 4.58. The summed E-state index contributed by atoms with van der Waals surface area (Å²) in [5, 5.41) is 3.20. The van der Waals surface area contributed by atoms with Crippen molar-refractivity contribution in [3.05, 3.63) is 34.3 Å². The van der Waals surface area contributed by atoms with Gasteiger partial charge in [-0.25, -0.2) is 0 Å². The van der Waals surface area contributed by atoms with E-state index in [-0.39, 0.29) is 5.92 Å². The molecule has 1 aromatic rings. The number of rotatable bonds is 5. The maximum absolute atomic E-state index is 12.3. The van der Waals surface area contributed by atoms with Gasteiger partial charge in [0.2, 0.25) is 5.91 Å². The Hall–Kier alpha value is -0.870. The molecule has 1 aromatic carbocycles. The molecular weight excluding hydrogens is 316 g/mol. The maximum Gasteiger partial charge on any atom is 0.223 e. The molecule has 2 rings (SSSR count). The summed E-state index contributed by atoms with van der Waals surface area (Å²) in [5.74, 6) is 1.19. The van der Waals surface area contributed by atoms with E-state index in [1.165, 1.54) is 5.56 Å². The summed E-state index contributed by atoms with van der Waals surface area (Å²) in [6.07, 6.45) is 1.73. The SMILES string of the molecule is CNCC1CCN(C(=O)CC(C)c2ccc(Br)cc2)C1. The first-order valence-corrected chi connectivity index (χ1v) is 8.07. The van der Waals surface area contributed by atoms with Crippen molar-refractivity contribution in [2.24, 2.45) is 5.92 Å². The number of hydrogen-bond donors (Lipinski definition) is 1. The Labute approximate surface area is 129 Å². The molecule has 2 unspecified atom stereocenters. The number of nitrogens with one attached hydrogen (secondary N) is 1. The van der Waals surface area contributed by atoms with E-state index in [9.17, 15) is 4.79 Å². The van der Waals surface area contributed by atoms with E-state index in [2.05, 4.69) is 40.3 Å². The lowest BCUT2D eigenvalue weighted by molar-refractivity contribution is -0.130. The van der Waals surface area contributed by atoms with Crippen molar-refractivity contribution < 1.29 is 4.79 Å². The molecule has 2 atom stereocenters. The quantitative estimate of drug-likeness (QED) is 0.894. The van der Waals surface area contributed by atoms with Crippen LogP contribution >= 0.6 is 15.9 Å². The van der Waals surface area contributed by atoms with E-state index >= 15 is 0 Å². The summed E-state index contributed by atoms with van der Waals surface area (Å²) in [7, 11) is 1.97. The Morgan fingerprint density at radius 1 is 1.45 bits per heavy atom. The smallest absolute Gasteiger partial charge is 0.223 e.